The zero-order valence-electron chi connectivity index (χ0n) is 33.6. The number of carbonyl (C=O) groups excluding carboxylic acids is 1. The number of phenolic OH excluding ortho intramolecular Hbond substituents is 2. The zero-order chi connectivity index (χ0) is 38.4. The van der Waals surface area contributed by atoms with Crippen molar-refractivity contribution >= 4 is 18.4 Å². The molecule has 53 heavy (non-hydrogen) atoms. The number of hydrogen-bond acceptors (Lipinski definition) is 7. The largest absolute Gasteiger partial charge is 0.507 e. The topological polar surface area (TPSA) is 101 Å². The summed E-state index contributed by atoms with van der Waals surface area (Å²) < 4.78 is 11.6. The Morgan fingerprint density at radius 2 is 1.32 bits per heavy atom. The van der Waals surface area contributed by atoms with E-state index in [2.05, 4.69) is 87.6 Å². The standard InChI is InChI=1S/C45H64N2O5.Co/c1-12-29-20-31(13-2)35(22-29)42(50)52-19-18-51-28-30-21-32(40(48)36(23-30)44(6,7)8)26-46-38-16-14-15-17-39(38)47-27-33-24-34(43(3,4)5)25-37(41(33)49)45(9,10)11;/h12-13,21,23-27,29,31,35,38-39,48-49H,1-2,14-20,22,28H2,3-11H3;/t29?,31?,35?,38?,39-;/m1./s1. The minimum atomic E-state index is -0.308. The fraction of sp³-hybridized carbons (Fsp3) is 0.578. The van der Waals surface area contributed by atoms with Gasteiger partial charge in [0.05, 0.1) is 31.2 Å². The Bertz CT molecular complexity index is 1640. The van der Waals surface area contributed by atoms with Crippen molar-refractivity contribution in [3.63, 3.8) is 0 Å². The third kappa shape index (κ3) is 11.6. The minimum Gasteiger partial charge on any atom is -0.507 e. The van der Waals surface area contributed by atoms with Gasteiger partial charge in [-0.2, -0.15) is 0 Å². The summed E-state index contributed by atoms with van der Waals surface area (Å²) >= 11 is 0. The molecular weight excluding hydrogens is 707 g/mol. The summed E-state index contributed by atoms with van der Waals surface area (Å²) in [6.45, 7) is 27.7. The molecule has 0 bridgehead atoms. The molecule has 0 aromatic heterocycles. The number of ether oxygens (including phenoxy) is 2. The number of esters is 1. The van der Waals surface area contributed by atoms with Gasteiger partial charge in [0.2, 0.25) is 0 Å². The van der Waals surface area contributed by atoms with E-state index in [4.69, 9.17) is 19.5 Å². The van der Waals surface area contributed by atoms with Gasteiger partial charge < -0.3 is 19.7 Å². The smallest absolute Gasteiger partial charge is 0.309 e. The van der Waals surface area contributed by atoms with E-state index >= 15 is 0 Å². The van der Waals surface area contributed by atoms with E-state index in [1.807, 2.05) is 30.5 Å². The SMILES string of the molecule is C=CC1CC(C=C)C(C(=O)OCCOCc2cc(C=NC3CCCC[C@H]3N=Cc3cc(C(C)(C)C)cc(C(C)(C)C)c3O)c(O)c(C(C)(C)C)c2)C1.[Co]. The number of aromatic hydroxyl groups is 2. The quantitative estimate of drug-likeness (QED) is 0.0969. The van der Waals surface area contributed by atoms with Crippen molar-refractivity contribution < 1.29 is 41.3 Å². The van der Waals surface area contributed by atoms with Gasteiger partial charge in [-0.25, -0.2) is 0 Å². The third-order valence-electron chi connectivity index (χ3n) is 10.7. The second kappa shape index (κ2) is 18.4. The molecule has 1 radical (unpaired) electrons. The molecule has 2 aromatic rings. The Balaban J connectivity index is 0.00000756. The maximum Gasteiger partial charge on any atom is 0.309 e. The predicted octanol–water partition coefficient (Wildman–Crippen LogP) is 9.91. The van der Waals surface area contributed by atoms with Crippen LogP contribution >= 0.6 is 0 Å². The molecule has 2 aliphatic rings. The monoisotopic (exact) mass is 771 g/mol. The van der Waals surface area contributed by atoms with E-state index in [1.54, 1.807) is 6.21 Å². The first-order valence-corrected chi connectivity index (χ1v) is 19.1. The van der Waals surface area contributed by atoms with Gasteiger partial charge in [-0.1, -0.05) is 93.4 Å². The fourth-order valence-corrected chi connectivity index (χ4v) is 7.36. The average molecular weight is 772 g/mol. The van der Waals surface area contributed by atoms with E-state index in [0.29, 0.717) is 18.1 Å². The molecule has 4 unspecified atom stereocenters. The number of nitrogens with zero attached hydrogens (tertiary/aromatic N) is 2. The number of benzene rings is 2. The number of phenols is 2. The molecule has 2 aromatic carbocycles. The number of hydrogen-bond donors (Lipinski definition) is 2. The summed E-state index contributed by atoms with van der Waals surface area (Å²) in [7, 11) is 0. The number of rotatable bonds is 12. The van der Waals surface area contributed by atoms with Gasteiger partial charge in [0, 0.05) is 51.5 Å². The van der Waals surface area contributed by atoms with Gasteiger partial charge in [0.15, 0.2) is 0 Å². The van der Waals surface area contributed by atoms with Crippen molar-refractivity contribution in [1.29, 1.82) is 0 Å². The first-order chi connectivity index (χ1) is 24.3. The molecule has 2 aliphatic carbocycles. The zero-order valence-corrected chi connectivity index (χ0v) is 34.7. The second-order valence-corrected chi connectivity index (χ2v) is 18.0. The van der Waals surface area contributed by atoms with Crippen molar-refractivity contribution in [3.05, 3.63) is 83.0 Å². The average Bonchev–Trinajstić information content (AvgIpc) is 3.50. The molecule has 2 N–H and O–H groups in total. The number of carbonyl (C=O) groups is 1. The van der Waals surface area contributed by atoms with Crippen molar-refractivity contribution in [2.75, 3.05) is 13.2 Å². The Morgan fingerprint density at radius 1 is 0.774 bits per heavy atom. The van der Waals surface area contributed by atoms with Crippen LogP contribution in [0.1, 0.15) is 134 Å². The number of aliphatic imine (C=N–C) groups is 2. The normalized spacial score (nSPS) is 22.5. The molecule has 0 saturated heterocycles. The van der Waals surface area contributed by atoms with Crippen LogP contribution in [0.3, 0.4) is 0 Å². The van der Waals surface area contributed by atoms with Crippen molar-refractivity contribution in [1.82, 2.24) is 0 Å². The van der Waals surface area contributed by atoms with Crippen LogP contribution in [0, 0.1) is 17.8 Å². The fourth-order valence-electron chi connectivity index (χ4n) is 7.36. The Morgan fingerprint density at radius 3 is 1.83 bits per heavy atom. The summed E-state index contributed by atoms with van der Waals surface area (Å²) in [5, 5.41) is 22.7. The maximum atomic E-state index is 12.8. The summed E-state index contributed by atoms with van der Waals surface area (Å²) in [5.74, 6) is 0.539. The van der Waals surface area contributed by atoms with Gasteiger partial charge in [-0.15, -0.1) is 13.2 Å². The van der Waals surface area contributed by atoms with Crippen LogP contribution in [0.2, 0.25) is 0 Å². The predicted molar refractivity (Wildman–Crippen MR) is 214 cm³/mol. The van der Waals surface area contributed by atoms with Crippen LogP contribution in [0.25, 0.3) is 0 Å². The van der Waals surface area contributed by atoms with Crippen LogP contribution in [0.4, 0.5) is 0 Å². The Hall–Kier alpha value is -3.20. The third-order valence-corrected chi connectivity index (χ3v) is 10.7. The van der Waals surface area contributed by atoms with E-state index in [0.717, 1.165) is 66.3 Å². The molecule has 7 nitrogen and oxygen atoms in total. The summed E-state index contributed by atoms with van der Waals surface area (Å²) in [5.41, 5.74) is 4.59. The molecular formula is C45H64CoN2O5. The van der Waals surface area contributed by atoms with E-state index in [9.17, 15) is 15.0 Å². The first kappa shape index (κ1) is 44.2. The van der Waals surface area contributed by atoms with Crippen LogP contribution in [-0.4, -0.2) is 53.9 Å². The molecule has 8 heteroatoms. The van der Waals surface area contributed by atoms with E-state index in [-0.39, 0.29) is 87.6 Å². The molecule has 0 amide bonds. The second-order valence-electron chi connectivity index (χ2n) is 18.0. The van der Waals surface area contributed by atoms with Crippen molar-refractivity contribution in [2.24, 2.45) is 27.7 Å². The van der Waals surface area contributed by atoms with E-state index < -0.39 is 0 Å². The molecule has 293 valence electrons. The molecule has 5 atom stereocenters. The van der Waals surface area contributed by atoms with Crippen LogP contribution in [0.5, 0.6) is 11.5 Å². The minimum absolute atomic E-state index is 0. The molecule has 2 saturated carbocycles. The Kier molecular flexibility index (Phi) is 15.4. The summed E-state index contributed by atoms with van der Waals surface area (Å²) in [6.07, 6.45) is 13.0. The van der Waals surface area contributed by atoms with Crippen LogP contribution < -0.4 is 0 Å². The van der Waals surface area contributed by atoms with Crippen LogP contribution in [0.15, 0.2) is 59.6 Å². The molecule has 2 fully saturated rings. The van der Waals surface area contributed by atoms with Gasteiger partial charge in [-0.3, -0.25) is 14.8 Å². The Labute approximate surface area is 329 Å². The van der Waals surface area contributed by atoms with Gasteiger partial charge in [0.1, 0.15) is 18.1 Å². The maximum absolute atomic E-state index is 12.8. The summed E-state index contributed by atoms with van der Waals surface area (Å²) in [6, 6.07) is 8.01. The molecule has 4 rings (SSSR count). The van der Waals surface area contributed by atoms with Gasteiger partial charge in [0.25, 0.3) is 0 Å². The molecule has 0 spiro atoms. The van der Waals surface area contributed by atoms with Crippen LogP contribution in [-0.2, 0) is 53.9 Å². The van der Waals surface area contributed by atoms with Crippen molar-refractivity contribution in [2.45, 2.75) is 136 Å². The number of allylic oxidation sites excluding steroid dienone is 2. The summed E-state index contributed by atoms with van der Waals surface area (Å²) in [4.78, 5) is 22.8. The molecule has 0 heterocycles. The molecule has 0 aliphatic heterocycles. The van der Waals surface area contributed by atoms with Gasteiger partial charge in [-0.05, 0) is 83.1 Å². The van der Waals surface area contributed by atoms with Crippen molar-refractivity contribution in [3.8, 4) is 11.5 Å². The van der Waals surface area contributed by atoms with Gasteiger partial charge >= 0.3 is 5.97 Å². The first-order valence-electron chi connectivity index (χ1n) is 19.1. The van der Waals surface area contributed by atoms with E-state index in [1.165, 1.54) is 0 Å².